The number of alkyl halides is 16. The maximum atomic E-state index is 13.2. The van der Waals surface area contributed by atoms with Crippen molar-refractivity contribution in [1.82, 2.24) is 0 Å². The van der Waals surface area contributed by atoms with Crippen molar-refractivity contribution in [3.63, 3.8) is 0 Å². The molecule has 0 radical (unpaired) electrons. The monoisotopic (exact) mass is 484 g/mol. The van der Waals surface area contributed by atoms with E-state index >= 15 is 0 Å². The smallest absolute Gasteiger partial charge is 0.211 e. The van der Waals surface area contributed by atoms with Crippen molar-refractivity contribution in [3.8, 4) is 0 Å². The first kappa shape index (κ1) is 27.6. The third-order valence-electron chi connectivity index (χ3n) is 3.10. The zero-order valence-electron chi connectivity index (χ0n) is 12.8. The summed E-state index contributed by atoms with van der Waals surface area (Å²) in [6, 6.07) is -14.1. The first-order chi connectivity index (χ1) is 12.9. The lowest BCUT2D eigenvalue weighted by Crippen LogP contribution is -2.74. The van der Waals surface area contributed by atoms with Crippen LogP contribution in [-0.4, -0.2) is 59.8 Å². The second-order valence-corrected chi connectivity index (χ2v) is 4.94. The number of nitrogens with zero attached hydrogens (tertiary/aromatic N) is 2. The Kier molecular flexibility index (Phi) is 6.55. The van der Waals surface area contributed by atoms with Gasteiger partial charge < -0.3 is 0 Å². The molecule has 0 aliphatic carbocycles. The Bertz CT molecular complexity index is 698. The highest BCUT2D eigenvalue weighted by atomic mass is 19.4. The molecule has 0 aromatic carbocycles. The van der Waals surface area contributed by atoms with Crippen LogP contribution >= 0.6 is 0 Å². The summed E-state index contributed by atoms with van der Waals surface area (Å²) in [5, 5.41) is 0. The predicted octanol–water partition coefficient (Wildman–Crippen LogP) is 4.66. The van der Waals surface area contributed by atoms with Gasteiger partial charge >= 0.3 is 47.6 Å². The molecule has 0 saturated carbocycles. The lowest BCUT2D eigenvalue weighted by molar-refractivity contribution is -0.452. The van der Waals surface area contributed by atoms with Gasteiger partial charge in [-0.2, -0.15) is 70.2 Å². The van der Waals surface area contributed by atoms with Gasteiger partial charge in [-0.3, -0.25) is 0 Å². The highest BCUT2D eigenvalue weighted by molar-refractivity contribution is 5.35. The fourth-order valence-electron chi connectivity index (χ4n) is 1.42. The van der Waals surface area contributed by atoms with Gasteiger partial charge in [-0.05, 0) is 0 Å². The molecule has 0 amide bonds. The minimum atomic E-state index is -8.65. The summed E-state index contributed by atoms with van der Waals surface area (Å²) in [7, 11) is 0. The largest absolute Gasteiger partial charge is 0.421 e. The molecular weight excluding hydrogens is 484 g/mol. The van der Waals surface area contributed by atoms with Crippen molar-refractivity contribution in [2.45, 2.75) is 47.6 Å². The van der Waals surface area contributed by atoms with Crippen molar-refractivity contribution in [2.75, 3.05) is 0 Å². The number of carbonyl (C=O) groups excluding carboxylic acids is 2. The summed E-state index contributed by atoms with van der Waals surface area (Å²) in [5.41, 5.74) is 0. The molecule has 0 aromatic heterocycles. The molecule has 0 aromatic rings. The lowest BCUT2D eigenvalue weighted by atomic mass is 9.90. The molecule has 0 heterocycles. The Balaban J connectivity index is 6.88. The molecule has 0 bridgehead atoms. The minimum absolute atomic E-state index is 0.572. The number of hydrogen-bond donors (Lipinski definition) is 0. The molecule has 0 rings (SSSR count). The topological polar surface area (TPSA) is 58.9 Å². The van der Waals surface area contributed by atoms with E-state index in [1.54, 1.807) is 0 Å². The Morgan fingerprint density at radius 3 is 0.700 bits per heavy atom. The number of aliphatic imine (C=N–C) groups is 2. The van der Waals surface area contributed by atoms with E-state index in [2.05, 4.69) is 0 Å². The first-order valence-electron chi connectivity index (χ1n) is 6.08. The summed E-state index contributed by atoms with van der Waals surface area (Å²) in [4.78, 5) is 20.2. The van der Waals surface area contributed by atoms with Crippen LogP contribution in [0.5, 0.6) is 0 Å². The van der Waals surface area contributed by atoms with Gasteiger partial charge in [-0.1, -0.05) is 0 Å². The Hall–Kier alpha value is -2.36. The van der Waals surface area contributed by atoms with Gasteiger partial charge in [0.15, 0.2) is 0 Å². The molecule has 0 fully saturated rings. The number of isocyanates is 2. The van der Waals surface area contributed by atoms with Gasteiger partial charge in [0.25, 0.3) is 0 Å². The van der Waals surface area contributed by atoms with Gasteiger partial charge in [-0.25, -0.2) is 9.59 Å². The molecule has 4 nitrogen and oxygen atoms in total. The number of hydrogen-bond acceptors (Lipinski definition) is 4. The van der Waals surface area contributed by atoms with Crippen molar-refractivity contribution in [2.24, 2.45) is 9.98 Å². The molecule has 0 aliphatic rings. The number of halogens is 16. The summed E-state index contributed by atoms with van der Waals surface area (Å²) < 4.78 is 208. The quantitative estimate of drug-likeness (QED) is 0.207. The van der Waals surface area contributed by atoms with Gasteiger partial charge in [0.2, 0.25) is 12.2 Å². The van der Waals surface area contributed by atoms with E-state index in [0.717, 1.165) is 0 Å². The summed E-state index contributed by atoms with van der Waals surface area (Å²) in [6.07, 6.45) is -1.14. The van der Waals surface area contributed by atoms with Gasteiger partial charge in [0, 0.05) is 0 Å². The van der Waals surface area contributed by atoms with Crippen LogP contribution in [0.25, 0.3) is 0 Å². The van der Waals surface area contributed by atoms with E-state index in [9.17, 15) is 79.8 Å². The van der Waals surface area contributed by atoms with Crippen LogP contribution in [0.15, 0.2) is 9.98 Å². The highest BCUT2D eigenvalue weighted by Gasteiger charge is 2.95. The average molecular weight is 484 g/mol. The van der Waals surface area contributed by atoms with Crippen molar-refractivity contribution >= 4 is 12.2 Å². The van der Waals surface area contributed by atoms with E-state index in [1.165, 1.54) is 0 Å². The van der Waals surface area contributed by atoms with Gasteiger partial charge in [-0.15, -0.1) is 9.98 Å². The normalized spacial score (nSPS) is 15.3. The zero-order valence-corrected chi connectivity index (χ0v) is 12.8. The molecule has 0 spiro atoms. The number of rotatable bonds is 9. The average Bonchev–Trinajstić information content (AvgIpc) is 2.53. The van der Waals surface area contributed by atoms with E-state index in [0.29, 0.717) is 9.98 Å². The maximum absolute atomic E-state index is 13.2. The second-order valence-electron chi connectivity index (χ2n) is 4.94. The first-order valence-corrected chi connectivity index (χ1v) is 6.08. The van der Waals surface area contributed by atoms with E-state index in [4.69, 9.17) is 0 Å². The standard InChI is InChI=1S/C10F16N2O2/c11-3(12,5(15,16)7(19,20)9(23,24)27-1-29)4(13,14)6(17,18)8(21,22)10(25,26)28-2-30. The molecule has 0 saturated heterocycles. The minimum Gasteiger partial charge on any atom is -0.211 e. The second kappa shape index (κ2) is 7.11. The van der Waals surface area contributed by atoms with E-state index < -0.39 is 59.8 Å². The zero-order chi connectivity index (χ0) is 24.8. The van der Waals surface area contributed by atoms with Crippen molar-refractivity contribution in [3.05, 3.63) is 0 Å². The van der Waals surface area contributed by atoms with E-state index in [1.807, 2.05) is 0 Å². The fourth-order valence-corrected chi connectivity index (χ4v) is 1.42. The van der Waals surface area contributed by atoms with Crippen molar-refractivity contribution < 1.29 is 79.8 Å². The molecular formula is C10F16N2O2. The summed E-state index contributed by atoms with van der Waals surface area (Å²) in [6.45, 7) is 0. The highest BCUT2D eigenvalue weighted by Crippen LogP contribution is 2.63. The predicted molar refractivity (Wildman–Crippen MR) is 55.8 cm³/mol. The molecule has 0 aliphatic heterocycles. The Labute approximate surface area is 151 Å². The Morgan fingerprint density at radius 1 is 0.367 bits per heavy atom. The molecule has 0 unspecified atom stereocenters. The third-order valence-corrected chi connectivity index (χ3v) is 3.10. The summed E-state index contributed by atoms with van der Waals surface area (Å²) >= 11 is 0. The van der Waals surface area contributed by atoms with E-state index in [-0.39, 0.29) is 0 Å². The van der Waals surface area contributed by atoms with Crippen LogP contribution in [-0.2, 0) is 9.59 Å². The lowest BCUT2D eigenvalue weighted by Gasteiger charge is -2.42. The molecule has 0 N–H and O–H groups in total. The van der Waals surface area contributed by atoms with Crippen LogP contribution in [0.4, 0.5) is 70.2 Å². The molecule has 0 atom stereocenters. The van der Waals surface area contributed by atoms with Gasteiger partial charge in [0.05, 0.1) is 0 Å². The fraction of sp³-hybridized carbons (Fsp3) is 0.800. The van der Waals surface area contributed by atoms with Crippen LogP contribution in [0.2, 0.25) is 0 Å². The molecule has 20 heteroatoms. The SMILES string of the molecule is O=C=NC(F)(F)C(F)(F)C(F)(F)C(F)(F)C(F)(F)C(F)(F)C(F)(F)C(F)(F)N=C=O. The molecule has 30 heavy (non-hydrogen) atoms. The van der Waals surface area contributed by atoms with Gasteiger partial charge in [0.1, 0.15) is 0 Å². The van der Waals surface area contributed by atoms with Crippen molar-refractivity contribution in [1.29, 1.82) is 0 Å². The Morgan fingerprint density at radius 2 is 0.533 bits per heavy atom. The third kappa shape index (κ3) is 3.30. The molecule has 174 valence electrons. The summed E-state index contributed by atoms with van der Waals surface area (Å²) in [5.74, 6) is -50.1. The van der Waals surface area contributed by atoms with Crippen LogP contribution in [0, 0.1) is 0 Å². The van der Waals surface area contributed by atoms with Crippen LogP contribution in [0.3, 0.4) is 0 Å². The van der Waals surface area contributed by atoms with Crippen LogP contribution in [0.1, 0.15) is 0 Å². The maximum Gasteiger partial charge on any atom is 0.421 e. The van der Waals surface area contributed by atoms with Crippen LogP contribution < -0.4 is 0 Å².